The van der Waals surface area contributed by atoms with Gasteiger partial charge in [-0.1, -0.05) is 23.2 Å². The number of hydrogen-bond acceptors (Lipinski definition) is 5. The molecule has 1 aromatic heterocycles. The summed E-state index contributed by atoms with van der Waals surface area (Å²) in [5.41, 5.74) is 5.47. The highest BCUT2D eigenvalue weighted by Gasteiger charge is 2.05. The van der Waals surface area contributed by atoms with Gasteiger partial charge < -0.3 is 5.73 Å². The SMILES string of the molecule is Nc1nc(Sc2ccc(Cl)c(Cl)c2)ns1. The zero-order valence-corrected chi connectivity index (χ0v) is 10.4. The van der Waals surface area contributed by atoms with Crippen molar-refractivity contribution in [1.29, 1.82) is 0 Å². The van der Waals surface area contributed by atoms with E-state index in [2.05, 4.69) is 9.36 Å². The van der Waals surface area contributed by atoms with Crippen LogP contribution in [-0.2, 0) is 0 Å². The van der Waals surface area contributed by atoms with Gasteiger partial charge in [-0.25, -0.2) is 0 Å². The summed E-state index contributed by atoms with van der Waals surface area (Å²) in [6, 6.07) is 5.36. The topological polar surface area (TPSA) is 51.8 Å². The van der Waals surface area contributed by atoms with E-state index in [1.807, 2.05) is 6.07 Å². The molecule has 1 aromatic carbocycles. The molecular weight excluding hydrogens is 273 g/mol. The normalized spacial score (nSPS) is 10.5. The van der Waals surface area contributed by atoms with Crippen LogP contribution in [0.3, 0.4) is 0 Å². The third-order valence-corrected chi connectivity index (χ3v) is 3.78. The quantitative estimate of drug-likeness (QED) is 0.912. The third-order valence-electron chi connectivity index (χ3n) is 1.52. The van der Waals surface area contributed by atoms with Crippen LogP contribution in [0.15, 0.2) is 28.3 Å². The molecule has 1 heterocycles. The van der Waals surface area contributed by atoms with Gasteiger partial charge in [0.1, 0.15) is 0 Å². The van der Waals surface area contributed by atoms with E-state index in [1.165, 1.54) is 23.3 Å². The maximum absolute atomic E-state index is 5.88. The first-order valence-electron chi connectivity index (χ1n) is 3.87. The average molecular weight is 278 g/mol. The Balaban J connectivity index is 2.21. The Labute approximate surface area is 105 Å². The lowest BCUT2D eigenvalue weighted by Crippen LogP contribution is -1.81. The van der Waals surface area contributed by atoms with Gasteiger partial charge in [0.05, 0.1) is 10.0 Å². The average Bonchev–Trinajstić information content (AvgIpc) is 2.58. The third kappa shape index (κ3) is 2.75. The van der Waals surface area contributed by atoms with Crippen LogP contribution < -0.4 is 5.73 Å². The molecule has 0 aliphatic carbocycles. The Bertz CT molecular complexity index is 486. The number of aromatic nitrogens is 2. The van der Waals surface area contributed by atoms with E-state index >= 15 is 0 Å². The second kappa shape index (κ2) is 4.57. The molecule has 15 heavy (non-hydrogen) atoms. The number of benzene rings is 1. The highest BCUT2D eigenvalue weighted by atomic mass is 35.5. The van der Waals surface area contributed by atoms with Gasteiger partial charge in [0.25, 0.3) is 0 Å². The molecule has 7 heteroatoms. The molecule has 0 saturated heterocycles. The highest BCUT2D eigenvalue weighted by Crippen LogP contribution is 2.31. The molecule has 2 N–H and O–H groups in total. The second-order valence-electron chi connectivity index (χ2n) is 2.59. The van der Waals surface area contributed by atoms with E-state index in [0.29, 0.717) is 20.3 Å². The molecule has 0 bridgehead atoms. The van der Waals surface area contributed by atoms with Crippen LogP contribution in [0.2, 0.25) is 10.0 Å². The summed E-state index contributed by atoms with van der Waals surface area (Å²) in [6.45, 7) is 0. The van der Waals surface area contributed by atoms with Crippen molar-refractivity contribution in [3.8, 4) is 0 Å². The fourth-order valence-electron chi connectivity index (χ4n) is 0.908. The van der Waals surface area contributed by atoms with Crippen molar-refractivity contribution in [1.82, 2.24) is 9.36 Å². The summed E-state index contributed by atoms with van der Waals surface area (Å²) in [7, 11) is 0. The number of anilines is 1. The van der Waals surface area contributed by atoms with Gasteiger partial charge in [0.2, 0.25) is 10.3 Å². The molecule has 0 saturated carbocycles. The van der Waals surface area contributed by atoms with Crippen LogP contribution >= 0.6 is 46.5 Å². The molecule has 2 rings (SSSR count). The van der Waals surface area contributed by atoms with Crippen molar-refractivity contribution < 1.29 is 0 Å². The molecule has 0 atom stereocenters. The first-order valence-corrected chi connectivity index (χ1v) is 6.22. The molecule has 0 unspecified atom stereocenters. The second-order valence-corrected chi connectivity index (χ2v) is 5.23. The number of nitrogens with zero attached hydrogens (tertiary/aromatic N) is 2. The first kappa shape index (κ1) is 11.0. The van der Waals surface area contributed by atoms with Gasteiger partial charge in [-0.2, -0.15) is 9.36 Å². The monoisotopic (exact) mass is 277 g/mol. The van der Waals surface area contributed by atoms with Crippen molar-refractivity contribution in [2.45, 2.75) is 10.1 Å². The van der Waals surface area contributed by atoms with Crippen LogP contribution in [-0.4, -0.2) is 9.36 Å². The van der Waals surface area contributed by atoms with Gasteiger partial charge in [0.15, 0.2) is 0 Å². The highest BCUT2D eigenvalue weighted by molar-refractivity contribution is 7.99. The van der Waals surface area contributed by atoms with Crippen molar-refractivity contribution >= 4 is 51.6 Å². The Morgan fingerprint density at radius 1 is 1.27 bits per heavy atom. The van der Waals surface area contributed by atoms with Gasteiger partial charge in [-0.05, 0) is 30.0 Å². The first-order chi connectivity index (χ1) is 7.15. The predicted molar refractivity (Wildman–Crippen MR) is 64.9 cm³/mol. The molecule has 0 amide bonds. The summed E-state index contributed by atoms with van der Waals surface area (Å²) in [4.78, 5) is 4.96. The van der Waals surface area contributed by atoms with Crippen LogP contribution in [0.5, 0.6) is 0 Å². The van der Waals surface area contributed by atoms with Gasteiger partial charge in [0, 0.05) is 16.4 Å². The van der Waals surface area contributed by atoms with E-state index < -0.39 is 0 Å². The predicted octanol–water partition coefficient (Wildman–Crippen LogP) is 3.58. The Kier molecular flexibility index (Phi) is 3.35. The van der Waals surface area contributed by atoms with E-state index in [1.54, 1.807) is 12.1 Å². The number of halogens is 2. The Hall–Kier alpha value is -0.490. The van der Waals surface area contributed by atoms with Crippen molar-refractivity contribution in [3.63, 3.8) is 0 Å². The lowest BCUT2D eigenvalue weighted by atomic mass is 10.4. The minimum absolute atomic E-state index is 0.456. The number of rotatable bonds is 2. The largest absolute Gasteiger partial charge is 0.374 e. The summed E-state index contributed by atoms with van der Waals surface area (Å²) < 4.78 is 4.06. The minimum Gasteiger partial charge on any atom is -0.374 e. The summed E-state index contributed by atoms with van der Waals surface area (Å²) >= 11 is 14.2. The van der Waals surface area contributed by atoms with E-state index in [0.717, 1.165) is 4.90 Å². The minimum atomic E-state index is 0.456. The smallest absolute Gasteiger partial charge is 0.206 e. The standard InChI is InChI=1S/C8H5Cl2N3S2/c9-5-2-1-4(3-6(5)10)14-8-12-7(11)15-13-8/h1-3H,(H2,11,12,13). The van der Waals surface area contributed by atoms with Crippen LogP contribution in [0.1, 0.15) is 0 Å². The van der Waals surface area contributed by atoms with Crippen LogP contribution in [0.4, 0.5) is 5.13 Å². The van der Waals surface area contributed by atoms with Gasteiger partial charge in [-0.3, -0.25) is 0 Å². The van der Waals surface area contributed by atoms with Crippen molar-refractivity contribution in [3.05, 3.63) is 28.2 Å². The lowest BCUT2D eigenvalue weighted by molar-refractivity contribution is 1.08. The lowest BCUT2D eigenvalue weighted by Gasteiger charge is -1.99. The van der Waals surface area contributed by atoms with Crippen LogP contribution in [0.25, 0.3) is 0 Å². The fraction of sp³-hybridized carbons (Fsp3) is 0. The molecule has 2 aromatic rings. The molecule has 3 nitrogen and oxygen atoms in total. The fourth-order valence-corrected chi connectivity index (χ4v) is 2.60. The Morgan fingerprint density at radius 3 is 2.67 bits per heavy atom. The van der Waals surface area contributed by atoms with E-state index in [9.17, 15) is 0 Å². The molecule has 0 fully saturated rings. The molecular formula is C8H5Cl2N3S2. The maximum atomic E-state index is 5.88. The Morgan fingerprint density at radius 2 is 2.07 bits per heavy atom. The zero-order chi connectivity index (χ0) is 10.8. The van der Waals surface area contributed by atoms with Crippen LogP contribution in [0, 0.1) is 0 Å². The molecule has 0 aliphatic rings. The van der Waals surface area contributed by atoms with E-state index in [-0.39, 0.29) is 0 Å². The zero-order valence-electron chi connectivity index (χ0n) is 7.28. The number of nitrogens with two attached hydrogens (primary N) is 1. The van der Waals surface area contributed by atoms with E-state index in [4.69, 9.17) is 28.9 Å². The maximum Gasteiger partial charge on any atom is 0.206 e. The van der Waals surface area contributed by atoms with Crippen molar-refractivity contribution in [2.24, 2.45) is 0 Å². The molecule has 0 spiro atoms. The summed E-state index contributed by atoms with van der Waals surface area (Å²) in [5.74, 6) is 0. The molecule has 0 aliphatic heterocycles. The van der Waals surface area contributed by atoms with Gasteiger partial charge in [-0.15, -0.1) is 0 Å². The summed E-state index contributed by atoms with van der Waals surface area (Å²) in [6.07, 6.45) is 0. The van der Waals surface area contributed by atoms with Gasteiger partial charge >= 0.3 is 0 Å². The number of hydrogen-bond donors (Lipinski definition) is 1. The van der Waals surface area contributed by atoms with Crippen molar-refractivity contribution in [2.75, 3.05) is 5.73 Å². The number of nitrogen functional groups attached to an aromatic ring is 1. The molecule has 78 valence electrons. The summed E-state index contributed by atoms with van der Waals surface area (Å²) in [5, 5.41) is 2.13. The molecule has 0 radical (unpaired) electrons.